The number of nitrogens with one attached hydrogen (secondary N) is 1. The van der Waals surface area contributed by atoms with E-state index in [9.17, 15) is 0 Å². The normalized spacial score (nSPS) is 10.3. The van der Waals surface area contributed by atoms with Crippen LogP contribution in [0.5, 0.6) is 11.5 Å². The van der Waals surface area contributed by atoms with Crippen LogP contribution in [0.3, 0.4) is 0 Å². The van der Waals surface area contributed by atoms with E-state index in [0.29, 0.717) is 5.82 Å². The van der Waals surface area contributed by atoms with Gasteiger partial charge in [-0.25, -0.2) is 9.97 Å². The van der Waals surface area contributed by atoms with Crippen molar-refractivity contribution < 1.29 is 9.47 Å². The van der Waals surface area contributed by atoms with Crippen molar-refractivity contribution in [3.05, 3.63) is 30.0 Å². The van der Waals surface area contributed by atoms with Gasteiger partial charge in [-0.2, -0.15) is 0 Å². The number of rotatable bonds is 6. The molecule has 0 atom stereocenters. The number of aromatic nitrogens is 2. The summed E-state index contributed by atoms with van der Waals surface area (Å²) in [5.74, 6) is 2.93. The number of hydrogen-bond acceptors (Lipinski definition) is 5. The Morgan fingerprint density at radius 3 is 2.57 bits per heavy atom. The number of methoxy groups -OCH3 is 2. The van der Waals surface area contributed by atoms with Gasteiger partial charge in [-0.1, -0.05) is 6.92 Å². The second-order valence-corrected chi connectivity index (χ2v) is 4.71. The summed E-state index contributed by atoms with van der Waals surface area (Å²) in [5.41, 5.74) is 1.73. The fraction of sp³-hybridized carbons (Fsp3) is 0.375. The molecule has 1 aromatic heterocycles. The Bertz CT molecular complexity index is 614. The molecule has 0 amide bonds. The molecule has 0 aliphatic rings. The van der Waals surface area contributed by atoms with E-state index in [1.807, 2.05) is 31.2 Å². The molecular formula is C16H21N3O2. The number of ether oxygens (including phenoxy) is 2. The van der Waals surface area contributed by atoms with E-state index < -0.39 is 0 Å². The van der Waals surface area contributed by atoms with Gasteiger partial charge in [0.05, 0.1) is 19.8 Å². The molecule has 0 saturated carbocycles. The molecule has 5 nitrogen and oxygen atoms in total. The second kappa shape index (κ2) is 6.92. The minimum atomic E-state index is 0.629. The monoisotopic (exact) mass is 287 g/mol. The Balaban J connectivity index is 2.47. The third-order valence-corrected chi connectivity index (χ3v) is 3.06. The zero-order valence-corrected chi connectivity index (χ0v) is 12.9. The summed E-state index contributed by atoms with van der Waals surface area (Å²) in [4.78, 5) is 9.08. The lowest BCUT2D eigenvalue weighted by molar-refractivity contribution is 0.404. The van der Waals surface area contributed by atoms with Crippen molar-refractivity contribution in [1.29, 1.82) is 0 Å². The van der Waals surface area contributed by atoms with Gasteiger partial charge in [0.1, 0.15) is 17.3 Å². The molecule has 112 valence electrons. The molecule has 1 aromatic carbocycles. The van der Waals surface area contributed by atoms with Crippen molar-refractivity contribution in [1.82, 2.24) is 9.97 Å². The van der Waals surface area contributed by atoms with E-state index in [4.69, 9.17) is 9.47 Å². The maximum Gasteiger partial charge on any atom is 0.165 e. The van der Waals surface area contributed by atoms with Crippen molar-refractivity contribution in [2.24, 2.45) is 0 Å². The minimum Gasteiger partial charge on any atom is -0.497 e. The maximum atomic E-state index is 5.40. The highest BCUT2D eigenvalue weighted by Gasteiger charge is 2.12. The highest BCUT2D eigenvalue weighted by Crippen LogP contribution is 2.32. The third kappa shape index (κ3) is 3.62. The molecule has 0 spiro atoms. The molecule has 0 fully saturated rings. The standard InChI is InChI=1S/C16H21N3O2/c1-5-8-17-15-9-11(2)18-16(19-15)13-10-12(20-3)6-7-14(13)21-4/h6-7,9-10H,5,8H2,1-4H3,(H,17,18,19). The van der Waals surface area contributed by atoms with Gasteiger partial charge in [-0.05, 0) is 31.5 Å². The van der Waals surface area contributed by atoms with Gasteiger partial charge < -0.3 is 14.8 Å². The lowest BCUT2D eigenvalue weighted by atomic mass is 10.1. The molecule has 0 radical (unpaired) electrons. The van der Waals surface area contributed by atoms with Gasteiger partial charge >= 0.3 is 0 Å². The van der Waals surface area contributed by atoms with Crippen LogP contribution in [0, 0.1) is 6.92 Å². The van der Waals surface area contributed by atoms with Crippen LogP contribution in [0.1, 0.15) is 19.0 Å². The van der Waals surface area contributed by atoms with Crippen molar-refractivity contribution in [2.45, 2.75) is 20.3 Å². The third-order valence-electron chi connectivity index (χ3n) is 3.06. The fourth-order valence-electron chi connectivity index (χ4n) is 2.02. The molecule has 1 N–H and O–H groups in total. The number of benzene rings is 1. The summed E-state index contributed by atoms with van der Waals surface area (Å²) in [6, 6.07) is 7.54. The average Bonchev–Trinajstić information content (AvgIpc) is 2.51. The largest absolute Gasteiger partial charge is 0.497 e. The number of aryl methyl sites for hydroxylation is 1. The van der Waals surface area contributed by atoms with Crippen molar-refractivity contribution in [3.63, 3.8) is 0 Å². The summed E-state index contributed by atoms with van der Waals surface area (Å²) in [5, 5.41) is 3.29. The summed E-state index contributed by atoms with van der Waals surface area (Å²) in [6.07, 6.45) is 1.04. The van der Waals surface area contributed by atoms with Crippen LogP contribution >= 0.6 is 0 Å². The maximum absolute atomic E-state index is 5.40. The Kier molecular flexibility index (Phi) is 4.98. The first-order valence-electron chi connectivity index (χ1n) is 7.00. The topological polar surface area (TPSA) is 56.3 Å². The van der Waals surface area contributed by atoms with E-state index >= 15 is 0 Å². The quantitative estimate of drug-likeness (QED) is 0.883. The number of hydrogen-bond donors (Lipinski definition) is 1. The van der Waals surface area contributed by atoms with E-state index in [-0.39, 0.29) is 0 Å². The van der Waals surface area contributed by atoms with Crippen LogP contribution in [-0.4, -0.2) is 30.7 Å². The lowest BCUT2D eigenvalue weighted by Gasteiger charge is -2.12. The molecule has 2 rings (SSSR count). The molecule has 21 heavy (non-hydrogen) atoms. The van der Waals surface area contributed by atoms with Gasteiger partial charge in [0.25, 0.3) is 0 Å². The summed E-state index contributed by atoms with van der Waals surface area (Å²) >= 11 is 0. The first kappa shape index (κ1) is 15.1. The van der Waals surface area contributed by atoms with Crippen LogP contribution in [0.4, 0.5) is 5.82 Å². The predicted octanol–water partition coefficient (Wildman–Crippen LogP) is 3.29. The molecule has 0 saturated heterocycles. The SMILES string of the molecule is CCCNc1cc(C)nc(-c2cc(OC)ccc2OC)n1. The molecule has 1 heterocycles. The Morgan fingerprint density at radius 1 is 1.10 bits per heavy atom. The Labute approximate surface area is 125 Å². The van der Waals surface area contributed by atoms with Gasteiger partial charge in [-0.3, -0.25) is 0 Å². The van der Waals surface area contributed by atoms with Crippen LogP contribution in [0.25, 0.3) is 11.4 Å². The molecule has 0 unspecified atom stereocenters. The second-order valence-electron chi connectivity index (χ2n) is 4.71. The van der Waals surface area contributed by atoms with Crippen molar-refractivity contribution >= 4 is 5.82 Å². The molecule has 0 aliphatic carbocycles. The van der Waals surface area contributed by atoms with Gasteiger partial charge in [0.2, 0.25) is 0 Å². The van der Waals surface area contributed by atoms with Crippen molar-refractivity contribution in [2.75, 3.05) is 26.1 Å². The van der Waals surface area contributed by atoms with E-state index in [2.05, 4.69) is 22.2 Å². The van der Waals surface area contributed by atoms with E-state index in [1.165, 1.54) is 0 Å². The van der Waals surface area contributed by atoms with Gasteiger partial charge in [0, 0.05) is 18.3 Å². The zero-order valence-electron chi connectivity index (χ0n) is 12.9. The zero-order chi connectivity index (χ0) is 15.2. The van der Waals surface area contributed by atoms with Crippen molar-refractivity contribution in [3.8, 4) is 22.9 Å². The highest BCUT2D eigenvalue weighted by molar-refractivity contribution is 5.67. The molecular weight excluding hydrogens is 266 g/mol. The minimum absolute atomic E-state index is 0.629. The predicted molar refractivity (Wildman–Crippen MR) is 84.1 cm³/mol. The summed E-state index contributed by atoms with van der Waals surface area (Å²) in [7, 11) is 3.27. The van der Waals surface area contributed by atoms with Crippen LogP contribution in [0.15, 0.2) is 24.3 Å². The number of anilines is 1. The Morgan fingerprint density at radius 2 is 1.90 bits per heavy atom. The molecule has 2 aromatic rings. The summed E-state index contributed by atoms with van der Waals surface area (Å²) < 4.78 is 10.7. The van der Waals surface area contributed by atoms with E-state index in [0.717, 1.165) is 41.5 Å². The first-order chi connectivity index (χ1) is 10.2. The van der Waals surface area contributed by atoms with Gasteiger partial charge in [-0.15, -0.1) is 0 Å². The fourth-order valence-corrected chi connectivity index (χ4v) is 2.02. The van der Waals surface area contributed by atoms with Crippen LogP contribution < -0.4 is 14.8 Å². The van der Waals surface area contributed by atoms with Gasteiger partial charge in [0.15, 0.2) is 5.82 Å². The average molecular weight is 287 g/mol. The molecule has 0 aliphatic heterocycles. The lowest BCUT2D eigenvalue weighted by Crippen LogP contribution is -2.05. The smallest absolute Gasteiger partial charge is 0.165 e. The Hall–Kier alpha value is -2.30. The van der Waals surface area contributed by atoms with Crippen LogP contribution in [0.2, 0.25) is 0 Å². The molecule has 0 bridgehead atoms. The first-order valence-corrected chi connectivity index (χ1v) is 7.00. The number of nitrogens with zero attached hydrogens (tertiary/aromatic N) is 2. The summed E-state index contributed by atoms with van der Waals surface area (Å²) in [6.45, 7) is 4.95. The highest BCUT2D eigenvalue weighted by atomic mass is 16.5. The molecule has 5 heteroatoms. The van der Waals surface area contributed by atoms with E-state index in [1.54, 1.807) is 14.2 Å². The van der Waals surface area contributed by atoms with Crippen LogP contribution in [-0.2, 0) is 0 Å².